The monoisotopic (exact) mass is 527 g/mol. The predicted molar refractivity (Wildman–Crippen MR) is 147 cm³/mol. The lowest BCUT2D eigenvalue weighted by Crippen LogP contribution is -2.34. The number of carbonyl (C=O) groups excluding carboxylic acids is 2. The molecule has 1 aliphatic rings. The molecule has 0 saturated heterocycles. The molecule has 0 radical (unpaired) electrons. The fraction of sp³-hybridized carbons (Fsp3) is 0.0714. The van der Waals surface area contributed by atoms with Crippen molar-refractivity contribution in [3.8, 4) is 0 Å². The third-order valence-corrected chi connectivity index (χ3v) is 7.94. The number of carbonyl (C=O) groups is 2. The van der Waals surface area contributed by atoms with Crippen molar-refractivity contribution in [2.45, 2.75) is 26.9 Å². The van der Waals surface area contributed by atoms with Gasteiger partial charge in [-0.2, -0.15) is 0 Å². The molecule has 1 N–H and O–H groups in total. The van der Waals surface area contributed by atoms with Gasteiger partial charge < -0.3 is 5.32 Å². The molecule has 5 rings (SSSR count). The Morgan fingerprint density at radius 2 is 1.54 bits per heavy atom. The fourth-order valence-electron chi connectivity index (χ4n) is 3.99. The van der Waals surface area contributed by atoms with Crippen LogP contribution in [0.3, 0.4) is 0 Å². The first kappa shape index (κ1) is 24.6. The lowest BCUT2D eigenvalue weighted by molar-refractivity contribution is -0.384. The summed E-state index contributed by atoms with van der Waals surface area (Å²) in [6.07, 6.45) is 0. The number of nitro benzene ring substituents is 1. The Morgan fingerprint density at radius 3 is 2.22 bits per heavy atom. The first-order valence-electron chi connectivity index (χ1n) is 11.4. The Balaban J connectivity index is 1.34. The largest absolute Gasteiger partial charge is 0.322 e. The van der Waals surface area contributed by atoms with Crippen molar-refractivity contribution < 1.29 is 14.5 Å². The van der Waals surface area contributed by atoms with Gasteiger partial charge in [0.1, 0.15) is 0 Å². The molecular formula is C28H21N3O4S2. The molecule has 2 amide bonds. The molecular weight excluding hydrogens is 506 g/mol. The number of fused-ring (bicyclic) bond motifs is 2. The van der Waals surface area contributed by atoms with E-state index in [2.05, 4.69) is 5.32 Å². The van der Waals surface area contributed by atoms with E-state index in [0.29, 0.717) is 5.69 Å². The lowest BCUT2D eigenvalue weighted by Gasteiger charge is -2.32. The van der Waals surface area contributed by atoms with Gasteiger partial charge >= 0.3 is 0 Å². The van der Waals surface area contributed by atoms with Crippen LogP contribution in [0.15, 0.2) is 112 Å². The summed E-state index contributed by atoms with van der Waals surface area (Å²) in [6, 6.07) is 28.5. The summed E-state index contributed by atoms with van der Waals surface area (Å²) in [4.78, 5) is 41.5. The third kappa shape index (κ3) is 5.23. The first-order chi connectivity index (χ1) is 17.9. The van der Waals surface area contributed by atoms with Gasteiger partial charge in [0.05, 0.1) is 21.5 Å². The van der Waals surface area contributed by atoms with Crippen LogP contribution in [-0.2, 0) is 4.79 Å². The number of nitrogens with one attached hydrogen (secondary N) is 1. The number of para-hydroxylation sites is 2. The molecule has 0 bridgehead atoms. The molecule has 9 heteroatoms. The molecule has 0 fully saturated rings. The Hall–Kier alpha value is -4.08. The minimum Gasteiger partial charge on any atom is -0.322 e. The number of benzene rings is 4. The van der Waals surface area contributed by atoms with E-state index in [9.17, 15) is 19.7 Å². The van der Waals surface area contributed by atoms with Crippen molar-refractivity contribution in [1.82, 2.24) is 0 Å². The number of non-ortho nitro benzene ring substituents is 1. The van der Waals surface area contributed by atoms with E-state index < -0.39 is 16.1 Å². The van der Waals surface area contributed by atoms with E-state index >= 15 is 0 Å². The fourth-order valence-corrected chi connectivity index (χ4v) is 6.01. The number of nitro groups is 1. The maximum absolute atomic E-state index is 13.7. The normalized spacial score (nSPS) is 12.7. The Morgan fingerprint density at radius 1 is 0.892 bits per heavy atom. The molecule has 0 saturated carbocycles. The van der Waals surface area contributed by atoms with Crippen LogP contribution < -0.4 is 10.2 Å². The van der Waals surface area contributed by atoms with Gasteiger partial charge in [-0.15, -0.1) is 11.8 Å². The molecule has 1 heterocycles. The van der Waals surface area contributed by atoms with Gasteiger partial charge in [-0.1, -0.05) is 48.2 Å². The minimum atomic E-state index is -0.537. The molecule has 1 atom stereocenters. The second-order valence-electron chi connectivity index (χ2n) is 8.26. The number of thioether (sulfide) groups is 1. The van der Waals surface area contributed by atoms with E-state index in [1.807, 2.05) is 61.5 Å². The smallest absolute Gasteiger partial charge is 0.270 e. The zero-order valence-corrected chi connectivity index (χ0v) is 21.3. The summed E-state index contributed by atoms with van der Waals surface area (Å²) in [7, 11) is 0. The SMILES string of the molecule is CC(Sc1cccc(NC(=O)c2cccc([N+](=O)[O-])c2)c1)C(=O)N1c2ccccc2Sc2ccccc21. The van der Waals surface area contributed by atoms with Crippen LogP contribution in [0.25, 0.3) is 0 Å². The Kier molecular flexibility index (Phi) is 6.98. The molecule has 0 aromatic heterocycles. The van der Waals surface area contributed by atoms with Crippen LogP contribution in [0, 0.1) is 10.1 Å². The highest BCUT2D eigenvalue weighted by molar-refractivity contribution is 8.00. The Labute approximate surface area is 222 Å². The maximum atomic E-state index is 13.7. The summed E-state index contributed by atoms with van der Waals surface area (Å²) >= 11 is 3.05. The highest BCUT2D eigenvalue weighted by Crippen LogP contribution is 2.48. The minimum absolute atomic E-state index is 0.0452. The van der Waals surface area contributed by atoms with Crippen LogP contribution in [0.2, 0.25) is 0 Å². The lowest BCUT2D eigenvalue weighted by atomic mass is 10.2. The van der Waals surface area contributed by atoms with E-state index in [1.165, 1.54) is 36.0 Å². The summed E-state index contributed by atoms with van der Waals surface area (Å²) < 4.78 is 0. The molecule has 0 aliphatic carbocycles. The molecule has 4 aromatic carbocycles. The van der Waals surface area contributed by atoms with Crippen LogP contribution in [0.5, 0.6) is 0 Å². The van der Waals surface area contributed by atoms with E-state index in [4.69, 9.17) is 0 Å². The summed E-state index contributed by atoms with van der Waals surface area (Å²) in [5.74, 6) is -0.495. The topological polar surface area (TPSA) is 92.5 Å². The van der Waals surface area contributed by atoms with Gasteiger partial charge in [0, 0.05) is 38.1 Å². The number of hydrogen-bond donors (Lipinski definition) is 1. The molecule has 37 heavy (non-hydrogen) atoms. The number of hydrogen-bond acceptors (Lipinski definition) is 6. The highest BCUT2D eigenvalue weighted by Gasteiger charge is 2.31. The van der Waals surface area contributed by atoms with Crippen molar-refractivity contribution >= 4 is 58.1 Å². The van der Waals surface area contributed by atoms with Crippen molar-refractivity contribution in [1.29, 1.82) is 0 Å². The van der Waals surface area contributed by atoms with Crippen LogP contribution in [-0.4, -0.2) is 22.0 Å². The van der Waals surface area contributed by atoms with Gasteiger partial charge in [-0.05, 0) is 55.5 Å². The number of anilines is 3. The summed E-state index contributed by atoms with van der Waals surface area (Å²) in [5.41, 5.74) is 2.30. The van der Waals surface area contributed by atoms with E-state index in [-0.39, 0.29) is 17.2 Å². The third-order valence-electron chi connectivity index (χ3n) is 5.72. The molecule has 1 unspecified atom stereocenters. The molecule has 0 spiro atoms. The van der Waals surface area contributed by atoms with E-state index in [0.717, 1.165) is 26.1 Å². The number of rotatable bonds is 6. The summed E-state index contributed by atoms with van der Waals surface area (Å²) in [6.45, 7) is 1.87. The van der Waals surface area contributed by atoms with Crippen molar-refractivity contribution in [3.63, 3.8) is 0 Å². The van der Waals surface area contributed by atoms with Gasteiger partial charge in [-0.3, -0.25) is 24.6 Å². The van der Waals surface area contributed by atoms with Crippen LogP contribution in [0.1, 0.15) is 17.3 Å². The molecule has 4 aromatic rings. The second-order valence-corrected chi connectivity index (χ2v) is 10.8. The average Bonchev–Trinajstić information content (AvgIpc) is 2.91. The molecule has 184 valence electrons. The van der Waals surface area contributed by atoms with Crippen molar-refractivity contribution in [3.05, 3.63) is 113 Å². The Bertz CT molecular complexity index is 1480. The van der Waals surface area contributed by atoms with Crippen molar-refractivity contribution in [2.75, 3.05) is 10.2 Å². The van der Waals surface area contributed by atoms with Crippen LogP contribution in [0.4, 0.5) is 22.7 Å². The van der Waals surface area contributed by atoms with Gasteiger partial charge in [0.25, 0.3) is 11.6 Å². The first-order valence-corrected chi connectivity index (χ1v) is 13.1. The maximum Gasteiger partial charge on any atom is 0.270 e. The highest BCUT2D eigenvalue weighted by atomic mass is 32.2. The number of nitrogens with zero attached hydrogens (tertiary/aromatic N) is 2. The zero-order chi connectivity index (χ0) is 25.9. The summed E-state index contributed by atoms with van der Waals surface area (Å²) in [5, 5.41) is 13.4. The predicted octanol–water partition coefficient (Wildman–Crippen LogP) is 7.16. The van der Waals surface area contributed by atoms with Crippen LogP contribution >= 0.6 is 23.5 Å². The average molecular weight is 528 g/mol. The molecule has 7 nitrogen and oxygen atoms in total. The number of amides is 2. The quantitative estimate of drug-likeness (QED) is 0.163. The van der Waals surface area contributed by atoms with E-state index in [1.54, 1.807) is 34.9 Å². The standard InChI is InChI=1S/C28H21N3O4S2/c1-18(28(33)30-23-12-2-4-14-25(23)37-26-15-5-3-13-24(26)30)36-22-11-7-9-20(17-22)29-27(32)19-8-6-10-21(16-19)31(34)35/h2-18H,1H3,(H,29,32). The second kappa shape index (κ2) is 10.5. The molecule has 1 aliphatic heterocycles. The zero-order valence-electron chi connectivity index (χ0n) is 19.7. The van der Waals surface area contributed by atoms with Gasteiger partial charge in [0.2, 0.25) is 5.91 Å². The van der Waals surface area contributed by atoms with Crippen molar-refractivity contribution in [2.24, 2.45) is 0 Å². The van der Waals surface area contributed by atoms with Gasteiger partial charge in [-0.25, -0.2) is 0 Å². The van der Waals surface area contributed by atoms with Gasteiger partial charge in [0.15, 0.2) is 0 Å².